The summed E-state index contributed by atoms with van der Waals surface area (Å²) in [5.41, 5.74) is 3.58. The fourth-order valence-electron chi connectivity index (χ4n) is 3.36. The third-order valence-corrected chi connectivity index (χ3v) is 5.00. The lowest BCUT2D eigenvalue weighted by atomic mass is 10.0. The van der Waals surface area contributed by atoms with E-state index >= 15 is 0 Å². The van der Waals surface area contributed by atoms with Gasteiger partial charge in [0.25, 0.3) is 0 Å². The van der Waals surface area contributed by atoms with E-state index < -0.39 is 0 Å². The summed E-state index contributed by atoms with van der Waals surface area (Å²) in [5, 5.41) is 4.78. The first kappa shape index (κ1) is 17.1. The summed E-state index contributed by atoms with van der Waals surface area (Å²) in [7, 11) is 1.77. The van der Waals surface area contributed by atoms with Crippen molar-refractivity contribution in [3.05, 3.63) is 29.6 Å². The van der Waals surface area contributed by atoms with Gasteiger partial charge in [0.1, 0.15) is 12.1 Å². The topological polar surface area (TPSA) is 50.3 Å². The van der Waals surface area contributed by atoms with Gasteiger partial charge in [0.05, 0.1) is 5.52 Å². The highest BCUT2D eigenvalue weighted by Crippen LogP contribution is 2.25. The summed E-state index contributed by atoms with van der Waals surface area (Å²) in [6, 6.07) is 4.84. The largest absolute Gasteiger partial charge is 0.385 e. The number of fused-ring (bicyclic) bond motifs is 1. The molecule has 0 radical (unpaired) electrons. The first-order valence-corrected chi connectivity index (χ1v) is 8.87. The summed E-state index contributed by atoms with van der Waals surface area (Å²) in [4.78, 5) is 11.4. The Morgan fingerprint density at radius 2 is 1.92 bits per heavy atom. The molecule has 1 aliphatic heterocycles. The number of nitrogens with one attached hydrogen (secondary N) is 1. The van der Waals surface area contributed by atoms with Crippen molar-refractivity contribution in [1.82, 2.24) is 14.9 Å². The number of rotatable bonds is 6. The molecule has 1 aromatic carbocycles. The van der Waals surface area contributed by atoms with E-state index in [1.807, 2.05) is 0 Å². The van der Waals surface area contributed by atoms with Crippen LogP contribution in [0.25, 0.3) is 10.9 Å². The van der Waals surface area contributed by atoms with E-state index in [0.717, 1.165) is 62.2 Å². The molecule has 0 amide bonds. The Morgan fingerprint density at radius 1 is 1.17 bits per heavy atom. The summed E-state index contributed by atoms with van der Waals surface area (Å²) < 4.78 is 5.14. The number of ether oxygens (including phenoxy) is 1. The number of hydrogen-bond acceptors (Lipinski definition) is 5. The molecule has 1 fully saturated rings. The molecule has 1 aliphatic rings. The predicted molar refractivity (Wildman–Crippen MR) is 98.6 cm³/mol. The standard InChI is InChI=1S/C19H28N4O/c1-14-11-17-18(12-15(14)2)20-13-21-19(17)22-16-5-8-23(9-6-16)7-4-10-24-3/h11-13,16H,4-10H2,1-3H3,(H,20,21,22). The van der Waals surface area contributed by atoms with Crippen molar-refractivity contribution in [3.8, 4) is 0 Å². The van der Waals surface area contributed by atoms with Crippen LogP contribution >= 0.6 is 0 Å². The van der Waals surface area contributed by atoms with Gasteiger partial charge in [0.15, 0.2) is 0 Å². The number of benzene rings is 1. The zero-order chi connectivity index (χ0) is 16.9. The number of aryl methyl sites for hydroxylation is 2. The zero-order valence-corrected chi connectivity index (χ0v) is 15.0. The van der Waals surface area contributed by atoms with Gasteiger partial charge >= 0.3 is 0 Å². The Morgan fingerprint density at radius 3 is 2.67 bits per heavy atom. The van der Waals surface area contributed by atoms with E-state index in [1.54, 1.807) is 13.4 Å². The smallest absolute Gasteiger partial charge is 0.137 e. The molecule has 1 saturated heterocycles. The van der Waals surface area contributed by atoms with Gasteiger partial charge in [-0.15, -0.1) is 0 Å². The third-order valence-electron chi connectivity index (χ3n) is 5.00. The zero-order valence-electron chi connectivity index (χ0n) is 15.0. The van der Waals surface area contributed by atoms with Crippen LogP contribution in [0.2, 0.25) is 0 Å². The van der Waals surface area contributed by atoms with Crippen molar-refractivity contribution in [3.63, 3.8) is 0 Å². The Bertz CT molecular complexity index is 680. The average Bonchev–Trinajstić information content (AvgIpc) is 2.58. The second kappa shape index (κ2) is 7.90. The molecule has 0 saturated carbocycles. The molecule has 2 aromatic rings. The van der Waals surface area contributed by atoms with Crippen molar-refractivity contribution >= 4 is 16.7 Å². The molecular formula is C19H28N4O. The number of aromatic nitrogens is 2. The van der Waals surface area contributed by atoms with Gasteiger partial charge in [-0.3, -0.25) is 0 Å². The van der Waals surface area contributed by atoms with Gasteiger partial charge in [-0.05, 0) is 56.4 Å². The molecule has 0 spiro atoms. The third kappa shape index (κ3) is 4.02. The SMILES string of the molecule is COCCCN1CCC(Nc2ncnc3cc(C)c(C)cc23)CC1. The average molecular weight is 328 g/mol. The number of anilines is 1. The maximum atomic E-state index is 5.14. The molecular weight excluding hydrogens is 300 g/mol. The molecule has 0 bridgehead atoms. The van der Waals surface area contributed by atoms with Crippen LogP contribution in [-0.2, 0) is 4.74 Å². The lowest BCUT2D eigenvalue weighted by Gasteiger charge is -2.32. The second-order valence-corrected chi connectivity index (χ2v) is 6.78. The summed E-state index contributed by atoms with van der Waals surface area (Å²) in [6.07, 6.45) is 5.09. The molecule has 2 heterocycles. The van der Waals surface area contributed by atoms with E-state index in [0.29, 0.717) is 6.04 Å². The maximum Gasteiger partial charge on any atom is 0.137 e. The van der Waals surface area contributed by atoms with Crippen molar-refractivity contribution < 1.29 is 4.74 Å². The van der Waals surface area contributed by atoms with Crippen LogP contribution < -0.4 is 5.32 Å². The number of methoxy groups -OCH3 is 1. The van der Waals surface area contributed by atoms with Crippen LogP contribution in [0, 0.1) is 13.8 Å². The highest BCUT2D eigenvalue weighted by Gasteiger charge is 2.19. The summed E-state index contributed by atoms with van der Waals surface area (Å²) in [6.45, 7) is 8.54. The van der Waals surface area contributed by atoms with Gasteiger partial charge in [-0.1, -0.05) is 0 Å². The molecule has 3 rings (SSSR count). The summed E-state index contributed by atoms with van der Waals surface area (Å²) >= 11 is 0. The summed E-state index contributed by atoms with van der Waals surface area (Å²) in [5.74, 6) is 0.973. The Labute approximate surface area is 144 Å². The molecule has 5 heteroatoms. The second-order valence-electron chi connectivity index (χ2n) is 6.78. The van der Waals surface area contributed by atoms with Crippen LogP contribution in [-0.4, -0.2) is 54.3 Å². The van der Waals surface area contributed by atoms with Gasteiger partial charge in [0.2, 0.25) is 0 Å². The van der Waals surface area contributed by atoms with Crippen LogP contribution in [0.5, 0.6) is 0 Å². The minimum atomic E-state index is 0.489. The van der Waals surface area contributed by atoms with Crippen molar-refractivity contribution in [1.29, 1.82) is 0 Å². The fourth-order valence-corrected chi connectivity index (χ4v) is 3.36. The van der Waals surface area contributed by atoms with Crippen LogP contribution in [0.3, 0.4) is 0 Å². The molecule has 0 atom stereocenters. The lowest BCUT2D eigenvalue weighted by molar-refractivity contribution is 0.159. The number of likely N-dealkylation sites (tertiary alicyclic amines) is 1. The van der Waals surface area contributed by atoms with Gasteiger partial charge < -0.3 is 15.0 Å². The first-order valence-electron chi connectivity index (χ1n) is 8.87. The minimum Gasteiger partial charge on any atom is -0.385 e. The van der Waals surface area contributed by atoms with Gasteiger partial charge in [-0.2, -0.15) is 0 Å². The van der Waals surface area contributed by atoms with Crippen LogP contribution in [0.4, 0.5) is 5.82 Å². The predicted octanol–water partition coefficient (Wildman–Crippen LogP) is 3.16. The minimum absolute atomic E-state index is 0.489. The van der Waals surface area contributed by atoms with Gasteiger partial charge in [-0.25, -0.2) is 9.97 Å². The van der Waals surface area contributed by atoms with E-state index in [-0.39, 0.29) is 0 Å². The van der Waals surface area contributed by atoms with Crippen LogP contribution in [0.1, 0.15) is 30.4 Å². The molecule has 1 aromatic heterocycles. The van der Waals surface area contributed by atoms with Crippen molar-refractivity contribution in [2.75, 3.05) is 38.7 Å². The fraction of sp³-hybridized carbons (Fsp3) is 0.579. The number of piperidine rings is 1. The van der Waals surface area contributed by atoms with Gasteiger partial charge in [0, 0.05) is 44.8 Å². The van der Waals surface area contributed by atoms with E-state index in [1.165, 1.54) is 11.1 Å². The highest BCUT2D eigenvalue weighted by atomic mass is 16.5. The Kier molecular flexibility index (Phi) is 5.63. The Balaban J connectivity index is 1.63. The normalized spacial score (nSPS) is 16.6. The monoisotopic (exact) mass is 328 g/mol. The highest BCUT2D eigenvalue weighted by molar-refractivity contribution is 5.90. The van der Waals surface area contributed by atoms with Crippen molar-refractivity contribution in [2.45, 2.75) is 39.2 Å². The number of hydrogen-bond donors (Lipinski definition) is 1. The van der Waals surface area contributed by atoms with Crippen molar-refractivity contribution in [2.24, 2.45) is 0 Å². The molecule has 130 valence electrons. The lowest BCUT2D eigenvalue weighted by Crippen LogP contribution is -2.39. The Hall–Kier alpha value is -1.72. The van der Waals surface area contributed by atoms with Crippen LogP contribution in [0.15, 0.2) is 18.5 Å². The first-order chi connectivity index (χ1) is 11.7. The molecule has 1 N–H and O–H groups in total. The van der Waals surface area contributed by atoms with E-state index in [9.17, 15) is 0 Å². The van der Waals surface area contributed by atoms with E-state index in [4.69, 9.17) is 4.74 Å². The number of nitrogens with zero attached hydrogens (tertiary/aromatic N) is 3. The quantitative estimate of drug-likeness (QED) is 0.826. The maximum absolute atomic E-state index is 5.14. The molecule has 5 nitrogen and oxygen atoms in total. The molecule has 0 unspecified atom stereocenters. The molecule has 24 heavy (non-hydrogen) atoms. The molecule has 0 aliphatic carbocycles. The van der Waals surface area contributed by atoms with E-state index in [2.05, 4.69) is 46.2 Å².